The van der Waals surface area contributed by atoms with Crippen LogP contribution in [-0.2, 0) is 22.4 Å². The lowest BCUT2D eigenvalue weighted by molar-refractivity contribution is -0.160. The maximum Gasteiger partial charge on any atom is 0.337 e. The van der Waals surface area contributed by atoms with Gasteiger partial charge in [-0.2, -0.15) is 0 Å². The molecule has 0 aliphatic carbocycles. The Morgan fingerprint density at radius 1 is 1.08 bits per heavy atom. The van der Waals surface area contributed by atoms with Crippen molar-refractivity contribution in [3.8, 4) is 16.9 Å². The molecule has 8 heteroatoms. The van der Waals surface area contributed by atoms with Gasteiger partial charge in [-0.3, -0.25) is 0 Å². The van der Waals surface area contributed by atoms with E-state index in [0.29, 0.717) is 59.0 Å². The summed E-state index contributed by atoms with van der Waals surface area (Å²) in [6.45, 7) is 10.1. The van der Waals surface area contributed by atoms with E-state index in [9.17, 15) is 9.90 Å². The van der Waals surface area contributed by atoms with Crippen LogP contribution in [0.5, 0.6) is 5.75 Å². The Labute approximate surface area is 232 Å². The number of ether oxygens (including phenoxy) is 2. The van der Waals surface area contributed by atoms with Crippen LogP contribution in [0.1, 0.15) is 61.1 Å². The van der Waals surface area contributed by atoms with Crippen molar-refractivity contribution in [1.29, 1.82) is 0 Å². The predicted octanol–water partition coefficient (Wildman–Crippen LogP) is 7.86. The van der Waals surface area contributed by atoms with Crippen LogP contribution in [0.15, 0.2) is 30.3 Å². The molecular weight excluding hydrogens is 524 g/mol. The van der Waals surface area contributed by atoms with Gasteiger partial charge in [0.05, 0.1) is 17.9 Å². The van der Waals surface area contributed by atoms with Crippen LogP contribution in [0.2, 0.25) is 5.02 Å². The number of nitrogens with zero attached hydrogens (tertiary/aromatic N) is 1. The Morgan fingerprint density at radius 3 is 2.49 bits per heavy atom. The third-order valence-corrected chi connectivity index (χ3v) is 7.63. The summed E-state index contributed by atoms with van der Waals surface area (Å²) in [7, 11) is 0. The summed E-state index contributed by atoms with van der Waals surface area (Å²) in [5, 5.41) is 10.7. The number of hydrogen-bond acceptors (Lipinski definition) is 4. The van der Waals surface area contributed by atoms with Crippen molar-refractivity contribution in [1.82, 2.24) is 0 Å². The van der Waals surface area contributed by atoms with E-state index in [1.165, 1.54) is 12.1 Å². The molecule has 2 aliphatic heterocycles. The third-order valence-electron chi connectivity index (χ3n) is 7.40. The molecule has 3 aromatic rings. The van der Waals surface area contributed by atoms with Gasteiger partial charge in [-0.15, -0.1) is 0 Å². The van der Waals surface area contributed by atoms with Crippen molar-refractivity contribution in [3.63, 3.8) is 0 Å². The number of aliphatic carboxylic acids is 1. The van der Waals surface area contributed by atoms with Crippen LogP contribution in [0.25, 0.3) is 11.1 Å². The molecule has 0 saturated carbocycles. The standard InChI is InChI=1S/C31H32ClF2NO4/c1-16-13-25-20(10-11-35(25)24-9-8-18(32)14-22(24)33)27(26(16)29(30(36)37)39-31(3,4)5)21-15-23(34)28-19(17(21)2)7-6-12-38-28/h8-9,13-15,29H,6-7,10-12H2,1-5H3,(H,36,37)/t29-/m0/s1. The van der Waals surface area contributed by atoms with Crippen molar-refractivity contribution in [2.75, 3.05) is 18.1 Å². The molecule has 0 spiro atoms. The van der Waals surface area contributed by atoms with Gasteiger partial charge >= 0.3 is 5.97 Å². The fraction of sp³-hybridized carbons (Fsp3) is 0.387. The average molecular weight is 556 g/mol. The minimum atomic E-state index is -1.29. The second-order valence-corrected chi connectivity index (χ2v) is 11.7. The second-order valence-electron chi connectivity index (χ2n) is 11.2. The largest absolute Gasteiger partial charge is 0.490 e. The highest BCUT2D eigenvalue weighted by molar-refractivity contribution is 6.30. The fourth-order valence-electron chi connectivity index (χ4n) is 5.80. The Balaban J connectivity index is 1.81. The number of aryl methyl sites for hydroxylation is 1. The van der Waals surface area contributed by atoms with Gasteiger partial charge in [0.2, 0.25) is 0 Å². The Hall–Kier alpha value is -3.16. The van der Waals surface area contributed by atoms with Gasteiger partial charge < -0.3 is 19.5 Å². The number of carbonyl (C=O) groups is 1. The highest BCUT2D eigenvalue weighted by atomic mass is 35.5. The Bertz CT molecular complexity index is 1480. The van der Waals surface area contributed by atoms with E-state index in [4.69, 9.17) is 21.1 Å². The molecule has 0 bridgehead atoms. The number of rotatable bonds is 5. The van der Waals surface area contributed by atoms with Crippen LogP contribution in [0.3, 0.4) is 0 Å². The average Bonchev–Trinajstić information content (AvgIpc) is 3.26. The highest BCUT2D eigenvalue weighted by Crippen LogP contribution is 2.49. The van der Waals surface area contributed by atoms with Gasteiger partial charge in [-0.1, -0.05) is 11.6 Å². The Kier molecular flexibility index (Phi) is 7.10. The zero-order valence-electron chi connectivity index (χ0n) is 22.8. The smallest absolute Gasteiger partial charge is 0.337 e. The molecular formula is C31H32ClF2NO4. The van der Waals surface area contributed by atoms with Crippen LogP contribution < -0.4 is 9.64 Å². The minimum Gasteiger partial charge on any atom is -0.490 e. The van der Waals surface area contributed by atoms with E-state index in [0.717, 1.165) is 28.8 Å². The lowest BCUT2D eigenvalue weighted by Crippen LogP contribution is -2.28. The maximum absolute atomic E-state index is 15.5. The van der Waals surface area contributed by atoms with E-state index in [2.05, 4.69) is 0 Å². The van der Waals surface area contributed by atoms with E-state index in [1.807, 2.05) is 24.8 Å². The van der Waals surface area contributed by atoms with E-state index < -0.39 is 29.3 Å². The SMILES string of the molecule is Cc1cc2c(c(-c3cc(F)c4c(c3C)CCCO4)c1[C@H](OC(C)(C)C)C(=O)O)CCN2c1ccc(Cl)cc1F. The summed E-state index contributed by atoms with van der Waals surface area (Å²) < 4.78 is 42.3. The molecule has 2 aliphatic rings. The molecule has 5 rings (SSSR count). The molecule has 0 radical (unpaired) electrons. The maximum atomic E-state index is 15.5. The Morgan fingerprint density at radius 2 is 1.82 bits per heavy atom. The summed E-state index contributed by atoms with van der Waals surface area (Å²) >= 11 is 6.01. The number of benzene rings is 3. The van der Waals surface area contributed by atoms with Crippen LogP contribution in [0.4, 0.5) is 20.2 Å². The zero-order chi connectivity index (χ0) is 28.2. The summed E-state index contributed by atoms with van der Waals surface area (Å²) in [6.07, 6.45) is 0.653. The molecule has 2 heterocycles. The van der Waals surface area contributed by atoms with Crippen LogP contribution in [0, 0.1) is 25.5 Å². The normalized spacial score (nSPS) is 15.5. The monoisotopic (exact) mass is 555 g/mol. The topological polar surface area (TPSA) is 59.0 Å². The zero-order valence-corrected chi connectivity index (χ0v) is 23.5. The molecule has 206 valence electrons. The van der Waals surface area contributed by atoms with Gasteiger partial charge in [0.1, 0.15) is 5.82 Å². The molecule has 39 heavy (non-hydrogen) atoms. The number of carboxylic acid groups (broad SMARTS) is 1. The number of fused-ring (bicyclic) bond motifs is 2. The van der Waals surface area contributed by atoms with E-state index >= 15 is 8.78 Å². The van der Waals surface area contributed by atoms with Crippen molar-refractivity contribution >= 4 is 28.9 Å². The third kappa shape index (κ3) is 4.98. The fourth-order valence-corrected chi connectivity index (χ4v) is 5.95. The van der Waals surface area contributed by atoms with Crippen molar-refractivity contribution in [2.24, 2.45) is 0 Å². The molecule has 0 fully saturated rings. The minimum absolute atomic E-state index is 0.263. The van der Waals surface area contributed by atoms with Crippen LogP contribution >= 0.6 is 11.6 Å². The first-order chi connectivity index (χ1) is 18.4. The molecule has 0 saturated heterocycles. The first-order valence-electron chi connectivity index (χ1n) is 13.1. The van der Waals surface area contributed by atoms with Crippen molar-refractivity contribution in [2.45, 2.75) is 65.6 Å². The quantitative estimate of drug-likeness (QED) is 0.347. The second kappa shape index (κ2) is 10.1. The predicted molar refractivity (Wildman–Crippen MR) is 148 cm³/mol. The molecule has 1 N–H and O–H groups in total. The van der Waals surface area contributed by atoms with E-state index in [-0.39, 0.29) is 5.75 Å². The summed E-state index contributed by atoms with van der Waals surface area (Å²) in [5.74, 6) is -1.80. The number of carboxylic acids is 1. The molecule has 1 atom stereocenters. The number of hydrogen-bond donors (Lipinski definition) is 1. The summed E-state index contributed by atoms with van der Waals surface area (Å²) in [5.41, 5.74) is 5.21. The van der Waals surface area contributed by atoms with Crippen LogP contribution in [-0.4, -0.2) is 29.8 Å². The first-order valence-corrected chi connectivity index (χ1v) is 13.5. The van der Waals surface area contributed by atoms with Gasteiger partial charge in [0.25, 0.3) is 0 Å². The molecule has 5 nitrogen and oxygen atoms in total. The summed E-state index contributed by atoms with van der Waals surface area (Å²) in [4.78, 5) is 14.5. The number of anilines is 2. The molecule has 3 aromatic carbocycles. The first kappa shape index (κ1) is 27.4. The van der Waals surface area contributed by atoms with Gasteiger partial charge in [0, 0.05) is 28.4 Å². The van der Waals surface area contributed by atoms with Gasteiger partial charge in [-0.25, -0.2) is 13.6 Å². The van der Waals surface area contributed by atoms with Crippen molar-refractivity contribution in [3.05, 3.63) is 74.8 Å². The van der Waals surface area contributed by atoms with E-state index in [1.54, 1.807) is 32.9 Å². The highest BCUT2D eigenvalue weighted by Gasteiger charge is 2.36. The van der Waals surface area contributed by atoms with Crippen molar-refractivity contribution < 1.29 is 28.2 Å². The number of halogens is 3. The molecule has 0 aromatic heterocycles. The lowest BCUT2D eigenvalue weighted by atomic mass is 9.83. The van der Waals surface area contributed by atoms with Gasteiger partial charge in [0.15, 0.2) is 17.7 Å². The molecule has 0 amide bonds. The summed E-state index contributed by atoms with van der Waals surface area (Å²) in [6, 6.07) is 7.88. The van der Waals surface area contributed by atoms with Gasteiger partial charge in [-0.05, 0) is 112 Å². The lowest BCUT2D eigenvalue weighted by Gasteiger charge is -2.30. The molecule has 0 unspecified atom stereocenters.